The largest absolute Gasteiger partial charge is 0.258 e. The van der Waals surface area contributed by atoms with Crippen LogP contribution in [0.25, 0.3) is 0 Å². The summed E-state index contributed by atoms with van der Waals surface area (Å²) in [6, 6.07) is 6.53. The number of hydrogen-bond acceptors (Lipinski definition) is 1. The van der Waals surface area contributed by atoms with Crippen LogP contribution in [0.2, 0.25) is 0 Å². The summed E-state index contributed by atoms with van der Waals surface area (Å²) in [7, 11) is 0. The van der Waals surface area contributed by atoms with E-state index in [9.17, 15) is 0 Å². The van der Waals surface area contributed by atoms with Crippen molar-refractivity contribution in [3.63, 3.8) is 0 Å². The van der Waals surface area contributed by atoms with Gasteiger partial charge in [0, 0.05) is 5.71 Å². The fourth-order valence-corrected chi connectivity index (χ4v) is 1.86. The first-order chi connectivity index (χ1) is 7.43. The van der Waals surface area contributed by atoms with Crippen LogP contribution in [0.5, 0.6) is 0 Å². The van der Waals surface area contributed by atoms with E-state index in [1.165, 1.54) is 16.8 Å². The third-order valence-corrected chi connectivity index (χ3v) is 2.68. The van der Waals surface area contributed by atoms with Crippen molar-refractivity contribution in [2.45, 2.75) is 53.4 Å². The number of aliphatic imine (C=N–C) groups is 1. The van der Waals surface area contributed by atoms with Crippen molar-refractivity contribution in [3.05, 3.63) is 29.3 Å². The lowest BCUT2D eigenvalue weighted by Gasteiger charge is -2.16. The molecule has 0 fully saturated rings. The lowest BCUT2D eigenvalue weighted by Crippen LogP contribution is -1.96. The van der Waals surface area contributed by atoms with Crippen molar-refractivity contribution in [1.82, 2.24) is 0 Å². The highest BCUT2D eigenvalue weighted by molar-refractivity contribution is 5.83. The molecular weight excluding hydrogens is 194 g/mol. The van der Waals surface area contributed by atoms with Gasteiger partial charge in [-0.3, -0.25) is 4.99 Å². The van der Waals surface area contributed by atoms with Gasteiger partial charge in [-0.05, 0) is 36.8 Å². The van der Waals surface area contributed by atoms with Crippen LogP contribution in [0.15, 0.2) is 23.2 Å². The average Bonchev–Trinajstić information content (AvgIpc) is 2.16. The Morgan fingerprint density at radius 3 is 1.69 bits per heavy atom. The highest BCUT2D eigenvalue weighted by Gasteiger charge is 2.12. The van der Waals surface area contributed by atoms with Crippen molar-refractivity contribution in [1.29, 1.82) is 0 Å². The van der Waals surface area contributed by atoms with Gasteiger partial charge in [0.1, 0.15) is 0 Å². The highest BCUT2D eigenvalue weighted by Crippen LogP contribution is 2.34. The quantitative estimate of drug-likeness (QED) is 0.628. The Bertz CT molecular complexity index is 356. The van der Waals surface area contributed by atoms with Crippen LogP contribution in [0.4, 0.5) is 5.69 Å². The van der Waals surface area contributed by atoms with Gasteiger partial charge in [0.05, 0.1) is 5.69 Å². The first-order valence-corrected chi connectivity index (χ1v) is 6.08. The van der Waals surface area contributed by atoms with Crippen molar-refractivity contribution in [3.8, 4) is 0 Å². The molecule has 0 atom stereocenters. The molecule has 0 saturated heterocycles. The van der Waals surface area contributed by atoms with Gasteiger partial charge in [0.25, 0.3) is 0 Å². The zero-order chi connectivity index (χ0) is 12.3. The monoisotopic (exact) mass is 217 g/mol. The summed E-state index contributed by atoms with van der Waals surface area (Å²) in [5.74, 6) is 1.05. The van der Waals surface area contributed by atoms with Gasteiger partial charge in [-0.2, -0.15) is 0 Å². The molecule has 16 heavy (non-hydrogen) atoms. The number of benzene rings is 1. The van der Waals surface area contributed by atoms with Crippen molar-refractivity contribution in [2.75, 3.05) is 0 Å². The topological polar surface area (TPSA) is 12.4 Å². The third-order valence-electron chi connectivity index (χ3n) is 2.68. The molecule has 0 heterocycles. The molecule has 0 spiro atoms. The van der Waals surface area contributed by atoms with Crippen LogP contribution in [-0.4, -0.2) is 5.71 Å². The summed E-state index contributed by atoms with van der Waals surface area (Å²) >= 11 is 0. The maximum atomic E-state index is 4.72. The van der Waals surface area contributed by atoms with E-state index in [1.54, 1.807) is 0 Å². The maximum absolute atomic E-state index is 4.72. The van der Waals surface area contributed by atoms with Crippen LogP contribution >= 0.6 is 0 Å². The van der Waals surface area contributed by atoms with E-state index in [-0.39, 0.29) is 0 Å². The third kappa shape index (κ3) is 2.94. The molecule has 0 aliphatic rings. The molecule has 0 aliphatic heterocycles. The Balaban J connectivity index is 3.41. The van der Waals surface area contributed by atoms with Gasteiger partial charge in [-0.15, -0.1) is 0 Å². The van der Waals surface area contributed by atoms with Gasteiger partial charge in [0.15, 0.2) is 0 Å². The minimum Gasteiger partial charge on any atom is -0.258 e. The van der Waals surface area contributed by atoms with Crippen LogP contribution in [0.3, 0.4) is 0 Å². The summed E-state index contributed by atoms with van der Waals surface area (Å²) in [5, 5.41) is 0. The zero-order valence-corrected chi connectivity index (χ0v) is 11.3. The second-order valence-corrected chi connectivity index (χ2v) is 5.15. The molecular formula is C15H23N. The average molecular weight is 217 g/mol. The van der Waals surface area contributed by atoms with Gasteiger partial charge < -0.3 is 0 Å². The second kappa shape index (κ2) is 5.29. The molecule has 0 radical (unpaired) electrons. The standard InChI is InChI=1S/C15H23N/c1-10(2)13-8-7-9-14(11(3)4)15(13)16-12(5)6/h7-11H,1-6H3. The van der Waals surface area contributed by atoms with Crippen molar-refractivity contribution < 1.29 is 0 Å². The Kier molecular flexibility index (Phi) is 4.28. The fraction of sp³-hybridized carbons (Fsp3) is 0.533. The van der Waals surface area contributed by atoms with Crippen molar-refractivity contribution >= 4 is 11.4 Å². The Morgan fingerprint density at radius 2 is 1.38 bits per heavy atom. The summed E-state index contributed by atoms with van der Waals surface area (Å²) in [5.41, 5.74) is 5.02. The second-order valence-electron chi connectivity index (χ2n) is 5.15. The van der Waals surface area contributed by atoms with E-state index in [0.717, 1.165) is 5.71 Å². The molecule has 1 aromatic rings. The van der Waals surface area contributed by atoms with Gasteiger partial charge in [0.2, 0.25) is 0 Å². The molecule has 0 bridgehead atoms. The predicted octanol–water partition coefficient (Wildman–Crippen LogP) is 5.05. The number of rotatable bonds is 3. The number of para-hydroxylation sites is 1. The normalized spacial score (nSPS) is 11.0. The number of nitrogens with zero attached hydrogens (tertiary/aromatic N) is 1. The summed E-state index contributed by atoms with van der Waals surface area (Å²) in [6.07, 6.45) is 0. The van der Waals surface area contributed by atoms with Crippen LogP contribution < -0.4 is 0 Å². The Morgan fingerprint density at radius 1 is 0.938 bits per heavy atom. The van der Waals surface area contributed by atoms with E-state index in [1.807, 2.05) is 0 Å². The lowest BCUT2D eigenvalue weighted by atomic mass is 9.93. The molecule has 0 unspecified atom stereocenters. The molecule has 0 amide bonds. The van der Waals surface area contributed by atoms with Crippen LogP contribution in [0, 0.1) is 0 Å². The van der Waals surface area contributed by atoms with Crippen molar-refractivity contribution in [2.24, 2.45) is 4.99 Å². The SMILES string of the molecule is CC(C)=Nc1c(C(C)C)cccc1C(C)C. The summed E-state index contributed by atoms with van der Waals surface area (Å²) < 4.78 is 0. The van der Waals surface area contributed by atoms with E-state index in [2.05, 4.69) is 59.7 Å². The Hall–Kier alpha value is -1.11. The number of hydrogen-bond donors (Lipinski definition) is 0. The lowest BCUT2D eigenvalue weighted by molar-refractivity contribution is 0.834. The van der Waals surface area contributed by atoms with Crippen LogP contribution in [0.1, 0.15) is 64.5 Å². The molecule has 88 valence electrons. The molecule has 0 N–H and O–H groups in total. The first kappa shape index (κ1) is 13.0. The highest BCUT2D eigenvalue weighted by atomic mass is 14.7. The van der Waals surface area contributed by atoms with E-state index >= 15 is 0 Å². The molecule has 0 aliphatic carbocycles. The Labute approximate surface area is 99.6 Å². The predicted molar refractivity (Wildman–Crippen MR) is 73.1 cm³/mol. The molecule has 1 rings (SSSR count). The molecule has 0 aromatic heterocycles. The van der Waals surface area contributed by atoms with E-state index in [0.29, 0.717) is 11.8 Å². The minimum absolute atomic E-state index is 0.525. The molecule has 1 nitrogen and oxygen atoms in total. The summed E-state index contributed by atoms with van der Waals surface area (Å²) in [6.45, 7) is 13.0. The van der Waals surface area contributed by atoms with Gasteiger partial charge in [-0.25, -0.2) is 0 Å². The van der Waals surface area contributed by atoms with Crippen LogP contribution in [-0.2, 0) is 0 Å². The van der Waals surface area contributed by atoms with Gasteiger partial charge in [-0.1, -0.05) is 45.9 Å². The smallest absolute Gasteiger partial charge is 0.0697 e. The summed E-state index contributed by atoms with van der Waals surface area (Å²) in [4.78, 5) is 4.72. The van der Waals surface area contributed by atoms with Gasteiger partial charge >= 0.3 is 0 Å². The molecule has 1 heteroatoms. The fourth-order valence-electron chi connectivity index (χ4n) is 1.86. The maximum Gasteiger partial charge on any atom is 0.0697 e. The minimum atomic E-state index is 0.525. The first-order valence-electron chi connectivity index (χ1n) is 6.08. The zero-order valence-electron chi connectivity index (χ0n) is 11.3. The molecule has 1 aromatic carbocycles. The van der Waals surface area contributed by atoms with E-state index < -0.39 is 0 Å². The molecule has 0 saturated carbocycles. The van der Waals surface area contributed by atoms with E-state index in [4.69, 9.17) is 4.99 Å².